The SMILES string of the molecule is COc1cc(C(=O)CN)c(C)cc1F. The number of hydrogen-bond donors (Lipinski definition) is 1. The first-order valence-corrected chi connectivity index (χ1v) is 4.17. The highest BCUT2D eigenvalue weighted by Gasteiger charge is 2.12. The molecule has 0 unspecified atom stereocenters. The topological polar surface area (TPSA) is 52.3 Å². The van der Waals surface area contributed by atoms with Crippen molar-refractivity contribution in [2.45, 2.75) is 6.92 Å². The molecule has 2 N–H and O–H groups in total. The van der Waals surface area contributed by atoms with Crippen LogP contribution in [0.4, 0.5) is 4.39 Å². The Bertz CT molecular complexity index is 363. The first-order chi connectivity index (χ1) is 6.60. The van der Waals surface area contributed by atoms with Gasteiger partial charge in [-0.25, -0.2) is 4.39 Å². The molecule has 0 aliphatic carbocycles. The van der Waals surface area contributed by atoms with Gasteiger partial charge < -0.3 is 10.5 Å². The Kier molecular flexibility index (Phi) is 3.19. The number of hydrogen-bond acceptors (Lipinski definition) is 3. The molecule has 0 aromatic heterocycles. The Hall–Kier alpha value is -1.42. The quantitative estimate of drug-likeness (QED) is 0.743. The lowest BCUT2D eigenvalue weighted by Gasteiger charge is -2.07. The number of carbonyl (C=O) groups excluding carboxylic acids is 1. The van der Waals surface area contributed by atoms with Crippen LogP contribution in [0.3, 0.4) is 0 Å². The fourth-order valence-corrected chi connectivity index (χ4v) is 1.22. The van der Waals surface area contributed by atoms with Crippen molar-refractivity contribution < 1.29 is 13.9 Å². The third-order valence-electron chi connectivity index (χ3n) is 1.98. The van der Waals surface area contributed by atoms with E-state index < -0.39 is 5.82 Å². The van der Waals surface area contributed by atoms with E-state index in [0.29, 0.717) is 11.1 Å². The smallest absolute Gasteiger partial charge is 0.176 e. The maximum atomic E-state index is 13.1. The number of aryl methyl sites for hydroxylation is 1. The lowest BCUT2D eigenvalue weighted by atomic mass is 10.0. The number of methoxy groups -OCH3 is 1. The van der Waals surface area contributed by atoms with Crippen molar-refractivity contribution in [1.82, 2.24) is 0 Å². The van der Waals surface area contributed by atoms with E-state index in [2.05, 4.69) is 0 Å². The van der Waals surface area contributed by atoms with Crippen molar-refractivity contribution in [1.29, 1.82) is 0 Å². The molecule has 0 bridgehead atoms. The molecule has 0 saturated heterocycles. The Labute approximate surface area is 81.7 Å². The average Bonchev–Trinajstić information content (AvgIpc) is 2.17. The molecule has 3 nitrogen and oxygen atoms in total. The molecule has 4 heteroatoms. The van der Waals surface area contributed by atoms with Crippen LogP contribution in [0, 0.1) is 12.7 Å². The van der Waals surface area contributed by atoms with Crippen LogP contribution in [0.1, 0.15) is 15.9 Å². The van der Waals surface area contributed by atoms with Gasteiger partial charge in [0.25, 0.3) is 0 Å². The number of carbonyl (C=O) groups is 1. The minimum absolute atomic E-state index is 0.0624. The number of ketones is 1. The zero-order chi connectivity index (χ0) is 10.7. The minimum atomic E-state index is -0.474. The highest BCUT2D eigenvalue weighted by molar-refractivity contribution is 5.99. The van der Waals surface area contributed by atoms with Gasteiger partial charge in [-0.2, -0.15) is 0 Å². The molecule has 0 atom stereocenters. The third kappa shape index (κ3) is 1.90. The second kappa shape index (κ2) is 4.19. The van der Waals surface area contributed by atoms with Gasteiger partial charge in [0.15, 0.2) is 17.3 Å². The van der Waals surface area contributed by atoms with E-state index in [1.807, 2.05) is 0 Å². The van der Waals surface area contributed by atoms with Crippen LogP contribution in [0.2, 0.25) is 0 Å². The summed E-state index contributed by atoms with van der Waals surface area (Å²) in [6, 6.07) is 2.64. The minimum Gasteiger partial charge on any atom is -0.494 e. The summed E-state index contributed by atoms with van der Waals surface area (Å²) in [5, 5.41) is 0. The number of ether oxygens (including phenoxy) is 1. The first kappa shape index (κ1) is 10.7. The zero-order valence-corrected chi connectivity index (χ0v) is 8.13. The molecule has 1 rings (SSSR count). The van der Waals surface area contributed by atoms with Gasteiger partial charge in [0.1, 0.15) is 0 Å². The summed E-state index contributed by atoms with van der Waals surface area (Å²) in [6.07, 6.45) is 0. The third-order valence-corrected chi connectivity index (χ3v) is 1.98. The predicted octanol–water partition coefficient (Wildman–Crippen LogP) is 1.28. The van der Waals surface area contributed by atoms with Gasteiger partial charge in [-0.15, -0.1) is 0 Å². The second-order valence-electron chi connectivity index (χ2n) is 2.93. The molecule has 76 valence electrons. The largest absolute Gasteiger partial charge is 0.494 e. The molecular weight excluding hydrogens is 185 g/mol. The zero-order valence-electron chi connectivity index (χ0n) is 8.13. The van der Waals surface area contributed by atoms with Gasteiger partial charge in [-0.05, 0) is 24.6 Å². The van der Waals surface area contributed by atoms with Crippen molar-refractivity contribution in [3.63, 3.8) is 0 Å². The number of Topliss-reactive ketones (excluding diaryl/α,β-unsaturated/α-hetero) is 1. The molecule has 0 spiro atoms. The van der Waals surface area contributed by atoms with Gasteiger partial charge in [-0.3, -0.25) is 4.79 Å². The summed E-state index contributed by atoms with van der Waals surface area (Å²) >= 11 is 0. The molecule has 0 aliphatic heterocycles. The Morgan fingerprint density at radius 1 is 1.57 bits per heavy atom. The van der Waals surface area contributed by atoms with Crippen molar-refractivity contribution >= 4 is 5.78 Å². The van der Waals surface area contributed by atoms with Crippen LogP contribution in [-0.2, 0) is 0 Å². The van der Waals surface area contributed by atoms with Crippen molar-refractivity contribution in [3.8, 4) is 5.75 Å². The number of nitrogens with two attached hydrogens (primary N) is 1. The molecule has 0 amide bonds. The van der Waals surface area contributed by atoms with E-state index in [1.165, 1.54) is 19.2 Å². The van der Waals surface area contributed by atoms with E-state index in [1.54, 1.807) is 6.92 Å². The standard InChI is InChI=1S/C10H12FNO2/c1-6-3-8(11)10(14-2)4-7(6)9(13)5-12/h3-4H,5,12H2,1-2H3. The molecule has 0 aliphatic rings. The Morgan fingerprint density at radius 2 is 2.21 bits per heavy atom. The summed E-state index contributed by atoms with van der Waals surface area (Å²) in [4.78, 5) is 11.3. The Morgan fingerprint density at radius 3 is 2.71 bits per heavy atom. The summed E-state index contributed by atoms with van der Waals surface area (Å²) in [5.41, 5.74) is 6.19. The monoisotopic (exact) mass is 197 g/mol. The maximum absolute atomic E-state index is 13.1. The number of benzene rings is 1. The van der Waals surface area contributed by atoms with Crippen molar-refractivity contribution in [3.05, 3.63) is 29.1 Å². The highest BCUT2D eigenvalue weighted by Crippen LogP contribution is 2.21. The van der Waals surface area contributed by atoms with Gasteiger partial charge in [0.05, 0.1) is 13.7 Å². The molecule has 1 aromatic carbocycles. The summed E-state index contributed by atoms with van der Waals surface area (Å²) in [5.74, 6) is -0.633. The fourth-order valence-electron chi connectivity index (χ4n) is 1.22. The number of halogens is 1. The average molecular weight is 197 g/mol. The van der Waals surface area contributed by atoms with E-state index in [4.69, 9.17) is 10.5 Å². The molecule has 0 saturated carbocycles. The predicted molar refractivity (Wildman–Crippen MR) is 51.1 cm³/mol. The van der Waals surface area contributed by atoms with Crippen LogP contribution < -0.4 is 10.5 Å². The second-order valence-corrected chi connectivity index (χ2v) is 2.93. The molecule has 14 heavy (non-hydrogen) atoms. The van der Waals surface area contributed by atoms with Crippen LogP contribution in [0.25, 0.3) is 0 Å². The molecule has 0 radical (unpaired) electrons. The fraction of sp³-hybridized carbons (Fsp3) is 0.300. The summed E-state index contributed by atoms with van der Waals surface area (Å²) in [6.45, 7) is 1.57. The summed E-state index contributed by atoms with van der Waals surface area (Å²) < 4.78 is 17.9. The highest BCUT2D eigenvalue weighted by atomic mass is 19.1. The van der Waals surface area contributed by atoms with E-state index >= 15 is 0 Å². The van der Waals surface area contributed by atoms with E-state index in [-0.39, 0.29) is 18.1 Å². The van der Waals surface area contributed by atoms with Crippen LogP contribution >= 0.6 is 0 Å². The van der Waals surface area contributed by atoms with E-state index in [9.17, 15) is 9.18 Å². The van der Waals surface area contributed by atoms with Gasteiger partial charge in [-0.1, -0.05) is 0 Å². The van der Waals surface area contributed by atoms with Crippen molar-refractivity contribution in [2.24, 2.45) is 5.73 Å². The Balaban J connectivity index is 3.24. The van der Waals surface area contributed by atoms with Crippen LogP contribution in [0.5, 0.6) is 5.75 Å². The molecule has 0 fully saturated rings. The van der Waals surface area contributed by atoms with Crippen molar-refractivity contribution in [2.75, 3.05) is 13.7 Å². The van der Waals surface area contributed by atoms with Gasteiger partial charge in [0.2, 0.25) is 0 Å². The lowest BCUT2D eigenvalue weighted by Crippen LogP contribution is -2.15. The molecular formula is C10H12FNO2. The molecule has 1 aromatic rings. The number of rotatable bonds is 3. The molecule has 0 heterocycles. The van der Waals surface area contributed by atoms with E-state index in [0.717, 1.165) is 0 Å². The van der Waals surface area contributed by atoms with Crippen LogP contribution in [-0.4, -0.2) is 19.4 Å². The lowest BCUT2D eigenvalue weighted by molar-refractivity contribution is 0.100. The summed E-state index contributed by atoms with van der Waals surface area (Å²) in [7, 11) is 1.35. The first-order valence-electron chi connectivity index (χ1n) is 4.17. The van der Waals surface area contributed by atoms with Crippen LogP contribution in [0.15, 0.2) is 12.1 Å². The maximum Gasteiger partial charge on any atom is 0.176 e. The van der Waals surface area contributed by atoms with Gasteiger partial charge >= 0.3 is 0 Å². The van der Waals surface area contributed by atoms with Gasteiger partial charge in [0, 0.05) is 5.56 Å². The normalized spacial score (nSPS) is 10.0.